The molecule has 4 heteroatoms. The highest BCUT2D eigenvalue weighted by Crippen LogP contribution is 2.21. The zero-order valence-corrected chi connectivity index (χ0v) is 13.3. The fourth-order valence-corrected chi connectivity index (χ4v) is 2.19. The van der Waals surface area contributed by atoms with E-state index in [-0.39, 0.29) is 0 Å². The smallest absolute Gasteiger partial charge is 0.129 e. The maximum atomic E-state index is 6.22. The van der Waals surface area contributed by atoms with Crippen LogP contribution in [-0.2, 0) is 6.54 Å². The molecule has 1 aromatic heterocycles. The third kappa shape index (κ3) is 5.00. The van der Waals surface area contributed by atoms with Gasteiger partial charge in [-0.15, -0.1) is 0 Å². The number of pyridine rings is 1. The molecule has 19 heavy (non-hydrogen) atoms. The van der Waals surface area contributed by atoms with Gasteiger partial charge in [-0.2, -0.15) is 0 Å². The summed E-state index contributed by atoms with van der Waals surface area (Å²) in [6.07, 6.45) is 2.23. The Labute approximate surface area is 122 Å². The van der Waals surface area contributed by atoms with Crippen LogP contribution in [0, 0.1) is 0 Å². The summed E-state index contributed by atoms with van der Waals surface area (Å²) in [6.45, 7) is 11.5. The highest BCUT2D eigenvalue weighted by molar-refractivity contribution is 6.31. The minimum atomic E-state index is 0.449. The Morgan fingerprint density at radius 1 is 1.26 bits per heavy atom. The Morgan fingerprint density at radius 2 is 2.00 bits per heavy atom. The third-order valence-corrected chi connectivity index (χ3v) is 3.35. The zero-order chi connectivity index (χ0) is 14.3. The van der Waals surface area contributed by atoms with Gasteiger partial charge in [-0.1, -0.05) is 25.4 Å². The molecule has 0 unspecified atom stereocenters. The lowest BCUT2D eigenvalue weighted by atomic mass is 10.2. The zero-order valence-electron chi connectivity index (χ0n) is 12.5. The van der Waals surface area contributed by atoms with Crippen LogP contribution in [0.3, 0.4) is 0 Å². The lowest BCUT2D eigenvalue weighted by Gasteiger charge is -2.28. The van der Waals surface area contributed by atoms with Crippen LogP contribution in [0.5, 0.6) is 0 Å². The van der Waals surface area contributed by atoms with Gasteiger partial charge in [-0.25, -0.2) is 4.98 Å². The molecule has 0 saturated carbocycles. The van der Waals surface area contributed by atoms with Crippen LogP contribution in [0.2, 0.25) is 5.02 Å². The highest BCUT2D eigenvalue weighted by Gasteiger charge is 2.12. The quantitative estimate of drug-likeness (QED) is 0.734. The Bertz CT molecular complexity index is 380. The second kappa shape index (κ2) is 8.39. The average molecular weight is 284 g/mol. The van der Waals surface area contributed by atoms with E-state index in [4.69, 9.17) is 16.6 Å². The van der Waals surface area contributed by atoms with Crippen molar-refractivity contribution in [2.75, 3.05) is 18.0 Å². The number of halogens is 1. The number of hydrogen-bond acceptors (Lipinski definition) is 3. The summed E-state index contributed by atoms with van der Waals surface area (Å²) in [7, 11) is 0. The van der Waals surface area contributed by atoms with E-state index < -0.39 is 0 Å². The van der Waals surface area contributed by atoms with Gasteiger partial charge in [0.15, 0.2) is 0 Å². The summed E-state index contributed by atoms with van der Waals surface area (Å²) >= 11 is 6.22. The van der Waals surface area contributed by atoms with Gasteiger partial charge in [0.1, 0.15) is 5.82 Å². The third-order valence-electron chi connectivity index (χ3n) is 3.01. The van der Waals surface area contributed by atoms with Crippen molar-refractivity contribution in [1.29, 1.82) is 0 Å². The molecule has 0 aromatic carbocycles. The van der Waals surface area contributed by atoms with Crippen molar-refractivity contribution in [2.45, 2.75) is 53.1 Å². The fraction of sp³-hybridized carbons (Fsp3) is 0.667. The van der Waals surface area contributed by atoms with Gasteiger partial charge in [-0.3, -0.25) is 0 Å². The van der Waals surface area contributed by atoms with Crippen LogP contribution in [0.4, 0.5) is 5.82 Å². The Morgan fingerprint density at radius 3 is 2.58 bits per heavy atom. The van der Waals surface area contributed by atoms with Crippen LogP contribution in [0.25, 0.3) is 0 Å². The second-order valence-electron chi connectivity index (χ2n) is 5.06. The SMILES string of the molecule is CCCNCc1nc(N(CCC)C(C)C)ccc1Cl. The summed E-state index contributed by atoms with van der Waals surface area (Å²) in [5.74, 6) is 1.02. The van der Waals surface area contributed by atoms with Gasteiger partial charge in [0, 0.05) is 19.1 Å². The van der Waals surface area contributed by atoms with Crippen LogP contribution in [0.15, 0.2) is 12.1 Å². The van der Waals surface area contributed by atoms with Crippen molar-refractivity contribution in [3.63, 3.8) is 0 Å². The largest absolute Gasteiger partial charge is 0.354 e. The minimum Gasteiger partial charge on any atom is -0.354 e. The number of aromatic nitrogens is 1. The summed E-state index contributed by atoms with van der Waals surface area (Å²) in [5, 5.41) is 4.10. The standard InChI is InChI=1S/C15H26ClN3/c1-5-9-17-11-14-13(16)7-8-15(18-14)19(10-6-2)12(3)4/h7-8,12,17H,5-6,9-11H2,1-4H3. The molecular weight excluding hydrogens is 258 g/mol. The van der Waals surface area contributed by atoms with E-state index in [2.05, 4.69) is 37.9 Å². The van der Waals surface area contributed by atoms with Crippen LogP contribution >= 0.6 is 11.6 Å². The molecule has 1 rings (SSSR count). The van der Waals surface area contributed by atoms with Gasteiger partial charge in [0.25, 0.3) is 0 Å². The molecule has 3 nitrogen and oxygen atoms in total. The van der Waals surface area contributed by atoms with E-state index in [0.29, 0.717) is 6.04 Å². The predicted molar refractivity (Wildman–Crippen MR) is 84.0 cm³/mol. The Balaban J connectivity index is 2.86. The Hall–Kier alpha value is -0.800. The van der Waals surface area contributed by atoms with E-state index in [1.54, 1.807) is 0 Å². The first-order valence-electron chi connectivity index (χ1n) is 7.22. The van der Waals surface area contributed by atoms with Gasteiger partial charge in [0.05, 0.1) is 10.7 Å². The number of nitrogens with one attached hydrogen (secondary N) is 1. The summed E-state index contributed by atoms with van der Waals surface area (Å²) in [4.78, 5) is 7.03. The molecule has 0 aliphatic carbocycles. The van der Waals surface area contributed by atoms with Crippen LogP contribution < -0.4 is 10.2 Å². The molecule has 0 aliphatic rings. The predicted octanol–water partition coefficient (Wildman–Crippen LogP) is 3.86. The van der Waals surface area contributed by atoms with Crippen LogP contribution in [0.1, 0.15) is 46.2 Å². The number of nitrogens with zero attached hydrogens (tertiary/aromatic N) is 2. The van der Waals surface area contributed by atoms with Crippen molar-refractivity contribution in [1.82, 2.24) is 10.3 Å². The van der Waals surface area contributed by atoms with E-state index in [1.165, 1.54) is 0 Å². The van der Waals surface area contributed by atoms with E-state index in [1.807, 2.05) is 12.1 Å². The molecule has 0 spiro atoms. The van der Waals surface area contributed by atoms with Crippen molar-refractivity contribution in [3.05, 3.63) is 22.8 Å². The second-order valence-corrected chi connectivity index (χ2v) is 5.47. The summed E-state index contributed by atoms with van der Waals surface area (Å²) in [5.41, 5.74) is 0.939. The average Bonchev–Trinajstić information content (AvgIpc) is 2.38. The topological polar surface area (TPSA) is 28.2 Å². The number of rotatable bonds is 8. The van der Waals surface area contributed by atoms with Crippen molar-refractivity contribution < 1.29 is 0 Å². The lowest BCUT2D eigenvalue weighted by Crippen LogP contribution is -2.32. The summed E-state index contributed by atoms with van der Waals surface area (Å²) < 4.78 is 0. The molecular formula is C15H26ClN3. The molecule has 0 aliphatic heterocycles. The minimum absolute atomic E-state index is 0.449. The first-order valence-corrected chi connectivity index (χ1v) is 7.60. The molecule has 0 bridgehead atoms. The first-order chi connectivity index (χ1) is 9.10. The molecule has 1 aromatic rings. The monoisotopic (exact) mass is 283 g/mol. The van der Waals surface area contributed by atoms with Crippen molar-refractivity contribution in [2.24, 2.45) is 0 Å². The Kier molecular flexibility index (Phi) is 7.17. The van der Waals surface area contributed by atoms with E-state index >= 15 is 0 Å². The molecule has 0 atom stereocenters. The molecule has 0 saturated heterocycles. The lowest BCUT2D eigenvalue weighted by molar-refractivity contribution is 0.645. The maximum absolute atomic E-state index is 6.22. The molecule has 1 heterocycles. The van der Waals surface area contributed by atoms with E-state index in [9.17, 15) is 0 Å². The van der Waals surface area contributed by atoms with Gasteiger partial charge in [-0.05, 0) is 45.4 Å². The first kappa shape index (κ1) is 16.3. The molecule has 0 amide bonds. The van der Waals surface area contributed by atoms with Gasteiger partial charge < -0.3 is 10.2 Å². The highest BCUT2D eigenvalue weighted by atomic mass is 35.5. The van der Waals surface area contributed by atoms with E-state index in [0.717, 1.165) is 49.0 Å². The molecule has 0 fully saturated rings. The van der Waals surface area contributed by atoms with Crippen LogP contribution in [-0.4, -0.2) is 24.1 Å². The summed E-state index contributed by atoms with van der Waals surface area (Å²) in [6, 6.07) is 4.42. The normalized spacial score (nSPS) is 11.1. The molecule has 1 N–H and O–H groups in total. The van der Waals surface area contributed by atoms with Gasteiger partial charge >= 0.3 is 0 Å². The molecule has 0 radical (unpaired) electrons. The van der Waals surface area contributed by atoms with Crippen molar-refractivity contribution >= 4 is 17.4 Å². The fourth-order valence-electron chi connectivity index (χ4n) is 2.02. The maximum Gasteiger partial charge on any atom is 0.129 e. The number of hydrogen-bond donors (Lipinski definition) is 1. The number of anilines is 1. The van der Waals surface area contributed by atoms with Gasteiger partial charge in [0.2, 0.25) is 0 Å². The molecule has 108 valence electrons. The van der Waals surface area contributed by atoms with Crippen molar-refractivity contribution in [3.8, 4) is 0 Å².